The van der Waals surface area contributed by atoms with Crippen LogP contribution in [0, 0.1) is 16.0 Å². The number of carbonyl (C=O) groups is 2. The Morgan fingerprint density at radius 3 is 2.38 bits per heavy atom. The first kappa shape index (κ1) is 19.4. The molecule has 1 aromatic carbocycles. The van der Waals surface area contributed by atoms with Crippen molar-refractivity contribution < 1.29 is 27.5 Å². The quantitative estimate of drug-likeness (QED) is 0.301. The van der Waals surface area contributed by atoms with Crippen molar-refractivity contribution in [2.45, 2.75) is 24.7 Å². The Morgan fingerprint density at radius 2 is 1.92 bits per heavy atom. The summed E-state index contributed by atoms with van der Waals surface area (Å²) in [7, 11) is -3.72. The van der Waals surface area contributed by atoms with Crippen LogP contribution in [0.25, 0.3) is 0 Å². The van der Waals surface area contributed by atoms with Gasteiger partial charge in [-0.15, -0.1) is 0 Å². The molecule has 0 saturated carbocycles. The lowest BCUT2D eigenvalue weighted by Crippen LogP contribution is -2.27. The average Bonchev–Trinajstić information content (AvgIpc) is 3.07. The van der Waals surface area contributed by atoms with Crippen molar-refractivity contribution in [1.82, 2.24) is 10.1 Å². The molecule has 1 unspecified atom stereocenters. The highest BCUT2D eigenvalue weighted by atomic mass is 32.2. The molecule has 0 spiro atoms. The summed E-state index contributed by atoms with van der Waals surface area (Å²) in [6.07, 6.45) is 1.89. The number of Topliss-reactive ketones (excluding diaryl/α,β-unsaturated/α-hetero) is 2. The first-order valence-corrected chi connectivity index (χ1v) is 9.26. The van der Waals surface area contributed by atoms with Crippen LogP contribution < -0.4 is 0 Å². The van der Waals surface area contributed by atoms with Crippen molar-refractivity contribution in [3.8, 4) is 0 Å². The first-order valence-electron chi connectivity index (χ1n) is 7.37. The van der Waals surface area contributed by atoms with E-state index < -0.39 is 49.4 Å². The fourth-order valence-electron chi connectivity index (χ4n) is 2.26. The van der Waals surface area contributed by atoms with E-state index in [2.05, 4.69) is 10.1 Å². The van der Waals surface area contributed by atoms with Crippen LogP contribution in [-0.2, 0) is 14.6 Å². The third kappa shape index (κ3) is 3.82. The van der Waals surface area contributed by atoms with Crippen LogP contribution in [0.5, 0.6) is 0 Å². The van der Waals surface area contributed by atoms with Crippen LogP contribution in [0.1, 0.15) is 36.0 Å². The highest BCUT2D eigenvalue weighted by Gasteiger charge is 2.38. The topological polar surface area (TPSA) is 150 Å². The second-order valence-electron chi connectivity index (χ2n) is 5.84. The molecule has 1 atom stereocenters. The predicted octanol–water partition coefficient (Wildman–Crippen LogP) is 1.57. The van der Waals surface area contributed by atoms with Gasteiger partial charge in [0, 0.05) is 18.2 Å². The Balaban J connectivity index is 2.62. The molecule has 0 amide bonds. The lowest BCUT2D eigenvalue weighted by molar-refractivity contribution is -0.385. The second kappa shape index (κ2) is 7.12. The van der Waals surface area contributed by atoms with E-state index in [1.54, 1.807) is 13.8 Å². The van der Waals surface area contributed by atoms with Crippen molar-refractivity contribution >= 4 is 27.1 Å². The fraction of sp³-hybridized carbons (Fsp3) is 0.333. The van der Waals surface area contributed by atoms with Gasteiger partial charge in [0.1, 0.15) is 0 Å². The Morgan fingerprint density at radius 1 is 1.27 bits per heavy atom. The van der Waals surface area contributed by atoms with Gasteiger partial charge < -0.3 is 4.52 Å². The lowest BCUT2D eigenvalue weighted by Gasteiger charge is -2.13. The van der Waals surface area contributed by atoms with Gasteiger partial charge in [-0.2, -0.15) is 4.98 Å². The second-order valence-corrected chi connectivity index (χ2v) is 7.86. The van der Waals surface area contributed by atoms with Crippen molar-refractivity contribution in [2.75, 3.05) is 6.26 Å². The Bertz CT molecular complexity index is 965. The maximum Gasteiger partial charge on any atom is 0.281 e. The van der Waals surface area contributed by atoms with Crippen molar-refractivity contribution in [3.63, 3.8) is 0 Å². The van der Waals surface area contributed by atoms with Crippen molar-refractivity contribution in [3.05, 3.63) is 46.1 Å². The van der Waals surface area contributed by atoms with Crippen LogP contribution in [-0.4, -0.2) is 41.3 Å². The monoisotopic (exact) mass is 381 g/mol. The number of rotatable bonds is 7. The van der Waals surface area contributed by atoms with Gasteiger partial charge in [-0.25, -0.2) is 8.42 Å². The van der Waals surface area contributed by atoms with Gasteiger partial charge in [0.25, 0.3) is 5.69 Å². The minimum absolute atomic E-state index is 0.282. The number of aromatic nitrogens is 2. The molecule has 26 heavy (non-hydrogen) atoms. The standard InChI is InChI=1S/C15H15N3O7S/c1-8(2)13(19)12(15-16-7-17-25-15)14(20)10-5-4-9(26(3,23)24)6-11(10)18(21)22/h4-8,12H,1-3H3. The summed E-state index contributed by atoms with van der Waals surface area (Å²) < 4.78 is 28.0. The molecule has 0 saturated heterocycles. The number of nitrogens with zero attached hydrogens (tertiary/aromatic N) is 3. The molecule has 0 bridgehead atoms. The van der Waals surface area contributed by atoms with Gasteiger partial charge in [0.05, 0.1) is 15.4 Å². The van der Waals surface area contributed by atoms with Gasteiger partial charge in [-0.1, -0.05) is 19.0 Å². The van der Waals surface area contributed by atoms with E-state index in [-0.39, 0.29) is 10.8 Å². The predicted molar refractivity (Wildman–Crippen MR) is 87.4 cm³/mol. The van der Waals surface area contributed by atoms with Crippen LogP contribution in [0.2, 0.25) is 0 Å². The number of sulfone groups is 1. The maximum absolute atomic E-state index is 12.9. The highest BCUT2D eigenvalue weighted by molar-refractivity contribution is 7.90. The van der Waals surface area contributed by atoms with Gasteiger partial charge in [0.2, 0.25) is 5.89 Å². The summed E-state index contributed by atoms with van der Waals surface area (Å²) >= 11 is 0. The first-order chi connectivity index (χ1) is 12.0. The summed E-state index contributed by atoms with van der Waals surface area (Å²) in [4.78, 5) is 39.2. The van der Waals surface area contributed by atoms with Crippen molar-refractivity contribution in [2.24, 2.45) is 5.92 Å². The van der Waals surface area contributed by atoms with E-state index in [1.807, 2.05) is 0 Å². The van der Waals surface area contributed by atoms with E-state index >= 15 is 0 Å². The number of hydrogen-bond acceptors (Lipinski definition) is 9. The lowest BCUT2D eigenvalue weighted by atomic mass is 9.87. The van der Waals surface area contributed by atoms with Gasteiger partial charge >= 0.3 is 0 Å². The number of hydrogen-bond donors (Lipinski definition) is 0. The molecular weight excluding hydrogens is 366 g/mol. The molecule has 0 fully saturated rings. The fourth-order valence-corrected chi connectivity index (χ4v) is 2.90. The molecule has 0 aliphatic heterocycles. The minimum atomic E-state index is -3.72. The molecule has 138 valence electrons. The third-order valence-electron chi connectivity index (χ3n) is 3.60. The summed E-state index contributed by atoms with van der Waals surface area (Å²) in [5, 5.41) is 14.7. The molecule has 0 aliphatic rings. The van der Waals surface area contributed by atoms with Gasteiger partial charge in [-0.05, 0) is 12.1 Å². The zero-order chi connectivity index (χ0) is 19.6. The SMILES string of the molecule is CC(C)C(=O)C(C(=O)c1ccc(S(C)(=O)=O)cc1[N+](=O)[O-])c1ncno1. The Labute approximate surface area is 148 Å². The molecule has 2 rings (SSSR count). The summed E-state index contributed by atoms with van der Waals surface area (Å²) in [6, 6.07) is 2.86. The van der Waals surface area contributed by atoms with E-state index in [0.717, 1.165) is 30.8 Å². The van der Waals surface area contributed by atoms with Crippen LogP contribution in [0.15, 0.2) is 33.9 Å². The highest BCUT2D eigenvalue weighted by Crippen LogP contribution is 2.30. The molecule has 1 heterocycles. The molecule has 0 N–H and O–H groups in total. The normalized spacial score (nSPS) is 12.8. The van der Waals surface area contributed by atoms with E-state index in [9.17, 15) is 28.1 Å². The van der Waals surface area contributed by atoms with E-state index in [4.69, 9.17) is 4.52 Å². The van der Waals surface area contributed by atoms with Crippen LogP contribution in [0.4, 0.5) is 5.69 Å². The molecule has 0 aliphatic carbocycles. The van der Waals surface area contributed by atoms with Gasteiger partial charge in [0.15, 0.2) is 33.6 Å². The number of ketones is 2. The minimum Gasteiger partial charge on any atom is -0.338 e. The number of nitro benzene ring substituents is 1. The molecule has 0 radical (unpaired) electrons. The summed E-state index contributed by atoms with van der Waals surface area (Å²) in [5.41, 5.74) is -1.14. The van der Waals surface area contributed by atoms with Crippen LogP contribution >= 0.6 is 0 Å². The molecule has 11 heteroatoms. The summed E-state index contributed by atoms with van der Waals surface area (Å²) in [5.74, 6) is -3.85. The molecule has 10 nitrogen and oxygen atoms in total. The Kier molecular flexibility index (Phi) is 5.30. The largest absolute Gasteiger partial charge is 0.338 e. The van der Waals surface area contributed by atoms with Gasteiger partial charge in [-0.3, -0.25) is 19.7 Å². The average molecular weight is 381 g/mol. The number of benzene rings is 1. The number of nitro groups is 1. The molecule has 2 aromatic rings. The zero-order valence-electron chi connectivity index (χ0n) is 14.1. The van der Waals surface area contributed by atoms with Crippen molar-refractivity contribution in [1.29, 1.82) is 0 Å². The van der Waals surface area contributed by atoms with Crippen LogP contribution in [0.3, 0.4) is 0 Å². The van der Waals surface area contributed by atoms with E-state index in [1.165, 1.54) is 0 Å². The Hall–Kier alpha value is -2.95. The molecular formula is C15H15N3O7S. The third-order valence-corrected chi connectivity index (χ3v) is 4.71. The zero-order valence-corrected chi connectivity index (χ0v) is 14.9. The smallest absolute Gasteiger partial charge is 0.281 e. The molecule has 1 aromatic heterocycles. The summed E-state index contributed by atoms with van der Waals surface area (Å²) in [6.45, 7) is 3.11. The maximum atomic E-state index is 12.9. The number of carbonyl (C=O) groups excluding carboxylic acids is 2. The van der Waals surface area contributed by atoms with E-state index in [0.29, 0.717) is 0 Å².